The van der Waals surface area contributed by atoms with Crippen molar-refractivity contribution >= 4 is 5.97 Å². The third-order valence-corrected chi connectivity index (χ3v) is 3.07. The van der Waals surface area contributed by atoms with Gasteiger partial charge in [0, 0.05) is 0 Å². The van der Waals surface area contributed by atoms with E-state index >= 15 is 0 Å². The van der Waals surface area contributed by atoms with Crippen LogP contribution >= 0.6 is 0 Å². The molecule has 92 valence electrons. The van der Waals surface area contributed by atoms with Gasteiger partial charge in [-0.25, -0.2) is 4.79 Å². The van der Waals surface area contributed by atoms with Gasteiger partial charge >= 0.3 is 5.97 Å². The number of rotatable bonds is 3. The topological polar surface area (TPSA) is 35.5 Å². The first kappa shape index (κ1) is 12.1. The Bertz CT molecular complexity index is 381. The molecular weight excluding hydrogens is 216 g/mol. The molecule has 1 saturated carbocycles. The molecule has 0 spiro atoms. The Morgan fingerprint density at radius 3 is 2.71 bits per heavy atom. The van der Waals surface area contributed by atoms with Crippen molar-refractivity contribution in [1.82, 2.24) is 0 Å². The molecule has 0 bridgehead atoms. The largest absolute Gasteiger partial charge is 0.373 e. The summed E-state index contributed by atoms with van der Waals surface area (Å²) in [4.78, 5) is 21.8. The summed E-state index contributed by atoms with van der Waals surface area (Å²) in [6, 6.07) is 7.32. The maximum atomic E-state index is 11.7. The molecule has 1 aliphatic carbocycles. The third-order valence-electron chi connectivity index (χ3n) is 3.07. The van der Waals surface area contributed by atoms with Gasteiger partial charge in [-0.1, -0.05) is 37.0 Å². The van der Waals surface area contributed by atoms with E-state index in [4.69, 9.17) is 9.78 Å². The second-order valence-electron chi connectivity index (χ2n) is 4.60. The monoisotopic (exact) mass is 234 g/mol. The second kappa shape index (κ2) is 5.82. The fourth-order valence-electron chi connectivity index (χ4n) is 2.09. The normalized spacial score (nSPS) is 16.8. The average molecular weight is 234 g/mol. The lowest BCUT2D eigenvalue weighted by atomic mass is 9.98. The number of aryl methyl sites for hydroxylation is 1. The van der Waals surface area contributed by atoms with Gasteiger partial charge in [-0.2, -0.15) is 4.89 Å². The van der Waals surface area contributed by atoms with Crippen molar-refractivity contribution in [2.45, 2.75) is 45.1 Å². The van der Waals surface area contributed by atoms with Crippen molar-refractivity contribution in [2.24, 2.45) is 0 Å². The molecule has 0 aromatic heterocycles. The minimum Gasteiger partial charge on any atom is -0.293 e. The molecular formula is C14H18O3. The van der Waals surface area contributed by atoms with E-state index in [-0.39, 0.29) is 6.10 Å². The number of carbonyl (C=O) groups is 1. The first-order valence-corrected chi connectivity index (χ1v) is 6.20. The van der Waals surface area contributed by atoms with Crippen LogP contribution in [-0.4, -0.2) is 12.1 Å². The Balaban J connectivity index is 1.84. The predicted octanol–water partition coefficient (Wildman–Crippen LogP) is 3.42. The Morgan fingerprint density at radius 1 is 1.24 bits per heavy atom. The predicted molar refractivity (Wildman–Crippen MR) is 64.6 cm³/mol. The smallest absolute Gasteiger partial charge is 0.293 e. The highest BCUT2D eigenvalue weighted by atomic mass is 17.2. The Kier molecular flexibility index (Phi) is 4.15. The molecule has 1 aromatic rings. The van der Waals surface area contributed by atoms with E-state index in [1.54, 1.807) is 12.1 Å². The first-order chi connectivity index (χ1) is 8.25. The first-order valence-electron chi connectivity index (χ1n) is 6.20. The summed E-state index contributed by atoms with van der Waals surface area (Å²) < 4.78 is 0. The van der Waals surface area contributed by atoms with Gasteiger partial charge in [0.05, 0.1) is 5.56 Å². The molecule has 0 aliphatic heterocycles. The van der Waals surface area contributed by atoms with Crippen molar-refractivity contribution in [3.05, 3.63) is 35.4 Å². The van der Waals surface area contributed by atoms with E-state index in [1.165, 1.54) is 6.42 Å². The highest BCUT2D eigenvalue weighted by molar-refractivity contribution is 5.89. The lowest BCUT2D eigenvalue weighted by molar-refractivity contribution is -0.279. The zero-order valence-corrected chi connectivity index (χ0v) is 10.1. The molecule has 1 fully saturated rings. The number of benzene rings is 1. The Hall–Kier alpha value is -1.35. The lowest BCUT2D eigenvalue weighted by Crippen LogP contribution is -2.19. The van der Waals surface area contributed by atoms with Crippen LogP contribution in [0.3, 0.4) is 0 Å². The summed E-state index contributed by atoms with van der Waals surface area (Å²) in [5, 5.41) is 0. The molecule has 0 saturated heterocycles. The van der Waals surface area contributed by atoms with Crippen LogP contribution in [0, 0.1) is 6.92 Å². The van der Waals surface area contributed by atoms with Gasteiger partial charge < -0.3 is 0 Å². The maximum Gasteiger partial charge on any atom is 0.373 e. The van der Waals surface area contributed by atoms with Crippen LogP contribution in [0.1, 0.15) is 48.0 Å². The Morgan fingerprint density at radius 2 is 2.00 bits per heavy atom. The van der Waals surface area contributed by atoms with E-state index in [9.17, 15) is 4.79 Å². The fraction of sp³-hybridized carbons (Fsp3) is 0.500. The van der Waals surface area contributed by atoms with E-state index < -0.39 is 5.97 Å². The summed E-state index contributed by atoms with van der Waals surface area (Å²) in [5.74, 6) is -0.403. The van der Waals surface area contributed by atoms with E-state index in [2.05, 4.69) is 0 Å². The summed E-state index contributed by atoms with van der Waals surface area (Å²) >= 11 is 0. The van der Waals surface area contributed by atoms with Gasteiger partial charge in [0.25, 0.3) is 0 Å². The van der Waals surface area contributed by atoms with Crippen LogP contribution in [0.2, 0.25) is 0 Å². The van der Waals surface area contributed by atoms with E-state index in [0.29, 0.717) is 5.56 Å². The summed E-state index contributed by atoms with van der Waals surface area (Å²) in [6.07, 6.45) is 5.63. The molecule has 0 unspecified atom stereocenters. The van der Waals surface area contributed by atoms with Gasteiger partial charge in [-0.15, -0.1) is 0 Å². The van der Waals surface area contributed by atoms with Crippen molar-refractivity contribution in [2.75, 3.05) is 0 Å². The number of hydrogen-bond donors (Lipinski definition) is 0. The van der Waals surface area contributed by atoms with Crippen molar-refractivity contribution in [3.63, 3.8) is 0 Å². The van der Waals surface area contributed by atoms with Gasteiger partial charge in [0.2, 0.25) is 0 Å². The molecule has 3 nitrogen and oxygen atoms in total. The highest BCUT2D eigenvalue weighted by Crippen LogP contribution is 2.20. The summed E-state index contributed by atoms with van der Waals surface area (Å²) in [6.45, 7) is 1.94. The molecule has 0 radical (unpaired) electrons. The van der Waals surface area contributed by atoms with Crippen LogP contribution in [0.5, 0.6) is 0 Å². The van der Waals surface area contributed by atoms with Gasteiger partial charge in [0.1, 0.15) is 6.10 Å². The van der Waals surface area contributed by atoms with Gasteiger partial charge in [-0.05, 0) is 31.9 Å². The molecule has 0 N–H and O–H groups in total. The molecule has 0 amide bonds. The van der Waals surface area contributed by atoms with E-state index in [1.807, 2.05) is 19.1 Å². The van der Waals surface area contributed by atoms with Crippen molar-refractivity contribution in [3.8, 4) is 0 Å². The summed E-state index contributed by atoms with van der Waals surface area (Å²) in [7, 11) is 0. The minimum absolute atomic E-state index is 0.0810. The molecule has 0 atom stereocenters. The second-order valence-corrected chi connectivity index (χ2v) is 4.60. The maximum absolute atomic E-state index is 11.7. The van der Waals surface area contributed by atoms with Crippen molar-refractivity contribution in [1.29, 1.82) is 0 Å². The molecule has 17 heavy (non-hydrogen) atoms. The van der Waals surface area contributed by atoms with Crippen LogP contribution in [0.25, 0.3) is 0 Å². The molecule has 3 heteroatoms. The molecule has 1 aromatic carbocycles. The van der Waals surface area contributed by atoms with Crippen LogP contribution in [0.15, 0.2) is 24.3 Å². The van der Waals surface area contributed by atoms with E-state index in [0.717, 1.165) is 31.2 Å². The van der Waals surface area contributed by atoms with Crippen LogP contribution < -0.4 is 0 Å². The number of carbonyl (C=O) groups excluding carboxylic acids is 1. The number of hydrogen-bond acceptors (Lipinski definition) is 3. The fourth-order valence-corrected chi connectivity index (χ4v) is 2.09. The third kappa shape index (κ3) is 3.56. The summed E-state index contributed by atoms with van der Waals surface area (Å²) in [5.41, 5.74) is 1.58. The molecule has 1 aliphatic rings. The quantitative estimate of drug-likeness (QED) is 0.594. The standard InChI is InChI=1S/C14H18O3/c1-11-6-5-7-12(10-11)14(15)17-16-13-8-3-2-4-9-13/h5-7,10,13H,2-4,8-9H2,1H3. The van der Waals surface area contributed by atoms with Crippen molar-refractivity contribution < 1.29 is 14.6 Å². The Labute approximate surface area is 102 Å². The lowest BCUT2D eigenvalue weighted by Gasteiger charge is -2.19. The zero-order valence-electron chi connectivity index (χ0n) is 10.1. The van der Waals surface area contributed by atoms with Gasteiger partial charge in [-0.3, -0.25) is 4.89 Å². The highest BCUT2D eigenvalue weighted by Gasteiger charge is 2.17. The average Bonchev–Trinajstić information content (AvgIpc) is 2.37. The van der Waals surface area contributed by atoms with Crippen LogP contribution in [0.4, 0.5) is 0 Å². The molecule has 0 heterocycles. The zero-order chi connectivity index (χ0) is 12.1. The van der Waals surface area contributed by atoms with Gasteiger partial charge in [0.15, 0.2) is 0 Å². The molecule has 2 rings (SSSR count). The minimum atomic E-state index is -0.403. The van der Waals surface area contributed by atoms with Crippen LogP contribution in [-0.2, 0) is 9.78 Å². The SMILES string of the molecule is Cc1cccc(C(=O)OOC2CCCCC2)c1.